The van der Waals surface area contributed by atoms with E-state index in [1.165, 1.54) is 0 Å². The fourth-order valence-electron chi connectivity index (χ4n) is 3.40. The topological polar surface area (TPSA) is 96.3 Å². The maximum absolute atomic E-state index is 11.6. The van der Waals surface area contributed by atoms with Gasteiger partial charge in [0.2, 0.25) is 0 Å². The van der Waals surface area contributed by atoms with Crippen LogP contribution in [-0.2, 0) is 9.53 Å². The fraction of sp³-hybridized carbons (Fsp3) is 0.882. The molecule has 22 heavy (non-hydrogen) atoms. The molecule has 0 amide bonds. The molecule has 126 valence electrons. The Bertz CT molecular complexity index is 405. The van der Waals surface area contributed by atoms with E-state index in [2.05, 4.69) is 20.8 Å². The molecule has 1 aliphatic carbocycles. The van der Waals surface area contributed by atoms with E-state index in [4.69, 9.17) is 10.5 Å². The first-order chi connectivity index (χ1) is 10.3. The Morgan fingerprint density at radius 3 is 2.55 bits per heavy atom. The van der Waals surface area contributed by atoms with E-state index in [1.54, 1.807) is 0 Å². The van der Waals surface area contributed by atoms with Crippen LogP contribution in [0.15, 0.2) is 0 Å². The largest absolute Gasteiger partial charge is 0.479 e. The van der Waals surface area contributed by atoms with Crippen molar-refractivity contribution in [2.75, 3.05) is 0 Å². The van der Waals surface area contributed by atoms with Crippen LogP contribution in [-0.4, -0.2) is 29.3 Å². The summed E-state index contributed by atoms with van der Waals surface area (Å²) >= 11 is 0. The summed E-state index contributed by atoms with van der Waals surface area (Å²) in [5.74, 6) is -0.596. The summed E-state index contributed by atoms with van der Waals surface area (Å²) in [5, 5.41) is 18.8. The molecular formula is C17H30N2O3. The van der Waals surface area contributed by atoms with Gasteiger partial charge in [-0.15, -0.1) is 0 Å². The molecule has 1 saturated carbocycles. The second kappa shape index (κ2) is 8.50. The Balaban J connectivity index is 2.92. The van der Waals surface area contributed by atoms with Crippen molar-refractivity contribution in [2.24, 2.45) is 29.4 Å². The molecule has 0 aromatic heterocycles. The van der Waals surface area contributed by atoms with Crippen LogP contribution < -0.4 is 5.73 Å². The number of nitrogens with two attached hydrogens (primary N) is 1. The van der Waals surface area contributed by atoms with Crippen LogP contribution in [0.4, 0.5) is 0 Å². The third-order valence-corrected chi connectivity index (χ3v) is 4.93. The predicted octanol–water partition coefficient (Wildman–Crippen LogP) is 2.79. The number of nitrogens with zero attached hydrogens (tertiary/aromatic N) is 1. The molecule has 1 aliphatic rings. The van der Waals surface area contributed by atoms with Gasteiger partial charge < -0.3 is 15.6 Å². The minimum absolute atomic E-state index is 0.107. The molecule has 0 aliphatic heterocycles. The number of carboxylic acid groups (broad SMARTS) is 1. The number of aliphatic carboxylic acids is 1. The molecule has 1 rings (SSSR count). The van der Waals surface area contributed by atoms with Crippen molar-refractivity contribution in [3.8, 4) is 6.07 Å². The van der Waals surface area contributed by atoms with Crippen LogP contribution in [0.2, 0.25) is 0 Å². The van der Waals surface area contributed by atoms with E-state index in [9.17, 15) is 15.2 Å². The van der Waals surface area contributed by atoms with Crippen LogP contribution in [0.5, 0.6) is 0 Å². The van der Waals surface area contributed by atoms with Gasteiger partial charge in [0.05, 0.1) is 18.1 Å². The summed E-state index contributed by atoms with van der Waals surface area (Å²) in [5.41, 5.74) is 5.93. The number of carboxylic acids is 1. The first-order valence-corrected chi connectivity index (χ1v) is 8.35. The van der Waals surface area contributed by atoms with Gasteiger partial charge in [-0.25, -0.2) is 4.79 Å². The third-order valence-electron chi connectivity index (χ3n) is 4.93. The Morgan fingerprint density at radius 2 is 2.09 bits per heavy atom. The van der Waals surface area contributed by atoms with Crippen molar-refractivity contribution in [3.63, 3.8) is 0 Å². The molecular weight excluding hydrogens is 280 g/mol. The maximum atomic E-state index is 11.6. The summed E-state index contributed by atoms with van der Waals surface area (Å²) < 4.78 is 5.97. The molecule has 6 atom stereocenters. The van der Waals surface area contributed by atoms with Gasteiger partial charge in [-0.2, -0.15) is 5.26 Å². The van der Waals surface area contributed by atoms with Crippen molar-refractivity contribution in [2.45, 2.75) is 71.6 Å². The molecule has 5 heteroatoms. The smallest absolute Gasteiger partial charge is 0.334 e. The molecule has 0 radical (unpaired) electrons. The van der Waals surface area contributed by atoms with Gasteiger partial charge in [-0.05, 0) is 37.0 Å². The fourth-order valence-corrected chi connectivity index (χ4v) is 3.40. The van der Waals surface area contributed by atoms with Gasteiger partial charge in [0.25, 0.3) is 0 Å². The van der Waals surface area contributed by atoms with Crippen molar-refractivity contribution < 1.29 is 14.6 Å². The number of rotatable bonds is 7. The van der Waals surface area contributed by atoms with Gasteiger partial charge in [0, 0.05) is 6.04 Å². The van der Waals surface area contributed by atoms with Gasteiger partial charge in [0.15, 0.2) is 6.10 Å². The second-order valence-electron chi connectivity index (χ2n) is 6.99. The Kier molecular flexibility index (Phi) is 7.31. The van der Waals surface area contributed by atoms with Crippen molar-refractivity contribution in [1.82, 2.24) is 0 Å². The Morgan fingerprint density at radius 1 is 1.45 bits per heavy atom. The van der Waals surface area contributed by atoms with Gasteiger partial charge >= 0.3 is 5.97 Å². The lowest BCUT2D eigenvalue weighted by molar-refractivity contribution is -0.165. The van der Waals surface area contributed by atoms with Crippen LogP contribution in [0, 0.1) is 35.0 Å². The van der Waals surface area contributed by atoms with E-state index >= 15 is 0 Å². The number of ether oxygens (including phenoxy) is 1. The molecule has 5 unspecified atom stereocenters. The minimum atomic E-state index is -1.14. The SMILES string of the molecule is CCC(N)C(C#N)[C@H](OC1CC(C)CCC1C(C)C)C(=O)O. The molecule has 0 heterocycles. The minimum Gasteiger partial charge on any atom is -0.479 e. The highest BCUT2D eigenvalue weighted by atomic mass is 16.5. The van der Waals surface area contributed by atoms with Crippen LogP contribution in [0.25, 0.3) is 0 Å². The molecule has 0 spiro atoms. The lowest BCUT2D eigenvalue weighted by Gasteiger charge is -2.39. The molecule has 1 fully saturated rings. The lowest BCUT2D eigenvalue weighted by Crippen LogP contribution is -2.47. The van der Waals surface area contributed by atoms with Crippen molar-refractivity contribution in [3.05, 3.63) is 0 Å². The van der Waals surface area contributed by atoms with Crippen LogP contribution in [0.1, 0.15) is 53.4 Å². The molecule has 0 aromatic rings. The third kappa shape index (κ3) is 4.69. The molecule has 0 saturated heterocycles. The van der Waals surface area contributed by atoms with Crippen LogP contribution in [0.3, 0.4) is 0 Å². The van der Waals surface area contributed by atoms with E-state index in [0.717, 1.165) is 19.3 Å². The molecule has 0 aromatic carbocycles. The van der Waals surface area contributed by atoms with Gasteiger partial charge in [0.1, 0.15) is 0 Å². The molecule has 0 bridgehead atoms. The number of carbonyl (C=O) groups is 1. The summed E-state index contributed by atoms with van der Waals surface area (Å²) in [6.45, 7) is 8.31. The standard InChI is InChI=1S/C17H30N2O3/c1-5-14(19)13(9-18)16(17(20)21)22-15-8-11(4)6-7-12(15)10(2)3/h10-16H,5-8,19H2,1-4H3,(H,20,21)/t11?,12?,13?,14?,15?,16-/m0/s1. The van der Waals surface area contributed by atoms with E-state index in [1.807, 2.05) is 13.0 Å². The lowest BCUT2D eigenvalue weighted by atomic mass is 9.75. The number of nitriles is 1. The highest BCUT2D eigenvalue weighted by Crippen LogP contribution is 2.36. The van der Waals surface area contributed by atoms with Crippen molar-refractivity contribution in [1.29, 1.82) is 5.26 Å². The zero-order valence-electron chi connectivity index (χ0n) is 14.2. The van der Waals surface area contributed by atoms with Gasteiger partial charge in [-0.1, -0.05) is 34.1 Å². The van der Waals surface area contributed by atoms with E-state index in [-0.39, 0.29) is 6.10 Å². The Labute approximate surface area is 133 Å². The molecule has 5 nitrogen and oxygen atoms in total. The normalized spacial score (nSPS) is 29.6. The predicted molar refractivity (Wildman–Crippen MR) is 85.0 cm³/mol. The summed E-state index contributed by atoms with van der Waals surface area (Å²) in [6.07, 6.45) is 2.36. The monoisotopic (exact) mass is 310 g/mol. The first-order valence-electron chi connectivity index (χ1n) is 8.35. The molecule has 3 N–H and O–H groups in total. The highest BCUT2D eigenvalue weighted by Gasteiger charge is 2.39. The van der Waals surface area contributed by atoms with Gasteiger partial charge in [-0.3, -0.25) is 0 Å². The van der Waals surface area contributed by atoms with E-state index < -0.39 is 24.0 Å². The zero-order chi connectivity index (χ0) is 16.9. The summed E-state index contributed by atoms with van der Waals surface area (Å²) in [7, 11) is 0. The quantitative estimate of drug-likeness (QED) is 0.753. The average Bonchev–Trinajstić information content (AvgIpc) is 2.46. The number of hydrogen-bond donors (Lipinski definition) is 2. The average molecular weight is 310 g/mol. The summed E-state index contributed by atoms with van der Waals surface area (Å²) in [6, 6.07) is 1.57. The Hall–Kier alpha value is -1.12. The number of hydrogen-bond acceptors (Lipinski definition) is 4. The van der Waals surface area contributed by atoms with E-state index in [0.29, 0.717) is 24.2 Å². The van der Waals surface area contributed by atoms with Crippen molar-refractivity contribution >= 4 is 5.97 Å². The summed E-state index contributed by atoms with van der Waals surface area (Å²) in [4.78, 5) is 11.6. The first kappa shape index (κ1) is 18.9. The maximum Gasteiger partial charge on any atom is 0.334 e. The highest BCUT2D eigenvalue weighted by molar-refractivity contribution is 5.73. The zero-order valence-corrected chi connectivity index (χ0v) is 14.2. The second-order valence-corrected chi connectivity index (χ2v) is 6.99. The van der Waals surface area contributed by atoms with Crippen LogP contribution >= 0.6 is 0 Å².